The molecule has 2 aromatic rings. The van der Waals surface area contributed by atoms with Crippen LogP contribution >= 0.6 is 0 Å². The van der Waals surface area contributed by atoms with Gasteiger partial charge in [-0.15, -0.1) is 0 Å². The van der Waals surface area contributed by atoms with Crippen molar-refractivity contribution in [2.75, 3.05) is 23.4 Å². The zero-order chi connectivity index (χ0) is 18.7. The van der Waals surface area contributed by atoms with Crippen molar-refractivity contribution in [2.24, 2.45) is 5.92 Å². The van der Waals surface area contributed by atoms with Crippen molar-refractivity contribution >= 4 is 23.2 Å². The number of carbonyl (C=O) groups is 2. The van der Waals surface area contributed by atoms with Crippen LogP contribution in [0.3, 0.4) is 0 Å². The molecule has 0 aliphatic carbocycles. The van der Waals surface area contributed by atoms with Crippen LogP contribution in [0.5, 0.6) is 5.75 Å². The molecule has 1 fully saturated rings. The summed E-state index contributed by atoms with van der Waals surface area (Å²) in [6, 6.07) is 13.3. The number of ether oxygens (including phenoxy) is 1. The molecule has 0 saturated carbocycles. The van der Waals surface area contributed by atoms with Gasteiger partial charge in [0.05, 0.1) is 18.2 Å². The Morgan fingerprint density at radius 3 is 2.69 bits per heavy atom. The zero-order valence-electron chi connectivity index (χ0n) is 15.4. The number of benzene rings is 2. The van der Waals surface area contributed by atoms with E-state index in [1.165, 1.54) is 5.56 Å². The maximum atomic E-state index is 12.7. The van der Waals surface area contributed by atoms with Crippen molar-refractivity contribution in [3.8, 4) is 5.75 Å². The van der Waals surface area contributed by atoms with Crippen LogP contribution in [-0.4, -0.2) is 25.0 Å². The summed E-state index contributed by atoms with van der Waals surface area (Å²) in [6.45, 7) is 6.88. The van der Waals surface area contributed by atoms with Crippen molar-refractivity contribution in [1.82, 2.24) is 0 Å². The molecule has 26 heavy (non-hydrogen) atoms. The normalized spacial score (nSPS) is 16.7. The first-order chi connectivity index (χ1) is 12.5. The van der Waals surface area contributed by atoms with E-state index in [1.807, 2.05) is 57.2 Å². The molecule has 2 aromatic carbocycles. The molecule has 5 nitrogen and oxygen atoms in total. The standard InChI is InChI=1S/C21H24N2O3/c1-4-26-19-8-6-5-7-18(19)22-21(25)16-12-20(24)23(13-16)17-10-9-14(2)15(3)11-17/h5-11,16H,4,12-13H2,1-3H3,(H,22,25)/t16-/m0/s1. The largest absolute Gasteiger partial charge is 0.492 e. The average molecular weight is 352 g/mol. The second-order valence-electron chi connectivity index (χ2n) is 6.59. The van der Waals surface area contributed by atoms with E-state index in [1.54, 1.807) is 11.0 Å². The molecule has 5 heteroatoms. The lowest BCUT2D eigenvalue weighted by molar-refractivity contribution is -0.122. The Kier molecular flexibility index (Phi) is 5.26. The highest BCUT2D eigenvalue weighted by Gasteiger charge is 2.35. The van der Waals surface area contributed by atoms with Crippen LogP contribution in [0.1, 0.15) is 24.5 Å². The fraction of sp³-hybridized carbons (Fsp3) is 0.333. The Balaban J connectivity index is 1.72. The van der Waals surface area contributed by atoms with Crippen molar-refractivity contribution < 1.29 is 14.3 Å². The Bertz CT molecular complexity index is 832. The Hall–Kier alpha value is -2.82. The summed E-state index contributed by atoms with van der Waals surface area (Å²) in [5.41, 5.74) is 3.80. The van der Waals surface area contributed by atoms with Crippen LogP contribution in [0.4, 0.5) is 11.4 Å². The van der Waals surface area contributed by atoms with E-state index in [-0.39, 0.29) is 24.2 Å². The summed E-state index contributed by atoms with van der Waals surface area (Å²) in [5.74, 6) is 0.0841. The number of hydrogen-bond acceptors (Lipinski definition) is 3. The van der Waals surface area contributed by atoms with Gasteiger partial charge in [-0.2, -0.15) is 0 Å². The van der Waals surface area contributed by atoms with E-state index < -0.39 is 0 Å². The fourth-order valence-corrected chi connectivity index (χ4v) is 3.11. The van der Waals surface area contributed by atoms with E-state index in [9.17, 15) is 9.59 Å². The first-order valence-electron chi connectivity index (χ1n) is 8.90. The quantitative estimate of drug-likeness (QED) is 0.893. The van der Waals surface area contributed by atoms with Crippen molar-refractivity contribution in [3.05, 3.63) is 53.6 Å². The molecule has 0 unspecified atom stereocenters. The van der Waals surface area contributed by atoms with E-state index >= 15 is 0 Å². The van der Waals surface area contributed by atoms with Gasteiger partial charge in [0.1, 0.15) is 5.75 Å². The van der Waals surface area contributed by atoms with Crippen LogP contribution in [0.25, 0.3) is 0 Å². The molecule has 1 aliphatic heterocycles. The lowest BCUT2D eigenvalue weighted by Gasteiger charge is -2.18. The minimum absolute atomic E-state index is 0.0218. The molecule has 0 radical (unpaired) electrons. The molecule has 1 N–H and O–H groups in total. The van der Waals surface area contributed by atoms with Gasteiger partial charge in [0.25, 0.3) is 0 Å². The summed E-state index contributed by atoms with van der Waals surface area (Å²) in [5, 5.41) is 2.91. The van der Waals surface area contributed by atoms with Crippen LogP contribution in [-0.2, 0) is 9.59 Å². The van der Waals surface area contributed by atoms with Crippen LogP contribution < -0.4 is 15.0 Å². The van der Waals surface area contributed by atoms with E-state index in [0.29, 0.717) is 24.6 Å². The maximum Gasteiger partial charge on any atom is 0.229 e. The average Bonchev–Trinajstić information content (AvgIpc) is 3.01. The van der Waals surface area contributed by atoms with Crippen LogP contribution in [0, 0.1) is 19.8 Å². The lowest BCUT2D eigenvalue weighted by Crippen LogP contribution is -2.28. The third kappa shape index (κ3) is 3.72. The van der Waals surface area contributed by atoms with Gasteiger partial charge in [0, 0.05) is 18.7 Å². The second-order valence-corrected chi connectivity index (χ2v) is 6.59. The van der Waals surface area contributed by atoms with Gasteiger partial charge >= 0.3 is 0 Å². The minimum atomic E-state index is -0.376. The molecule has 1 saturated heterocycles. The van der Waals surface area contributed by atoms with Crippen molar-refractivity contribution in [3.63, 3.8) is 0 Å². The molecule has 0 aromatic heterocycles. The first-order valence-corrected chi connectivity index (χ1v) is 8.90. The van der Waals surface area contributed by atoms with Gasteiger partial charge in [-0.3, -0.25) is 9.59 Å². The molecule has 0 bridgehead atoms. The highest BCUT2D eigenvalue weighted by molar-refractivity contribution is 6.04. The number of para-hydroxylation sites is 2. The molecule has 3 rings (SSSR count). The number of nitrogens with one attached hydrogen (secondary N) is 1. The summed E-state index contributed by atoms with van der Waals surface area (Å²) >= 11 is 0. The molecular formula is C21H24N2O3. The van der Waals surface area contributed by atoms with Gasteiger partial charge in [-0.1, -0.05) is 18.2 Å². The highest BCUT2D eigenvalue weighted by atomic mass is 16.5. The number of nitrogens with zero attached hydrogens (tertiary/aromatic N) is 1. The van der Waals surface area contributed by atoms with Gasteiger partial charge in [-0.05, 0) is 56.2 Å². The number of hydrogen-bond donors (Lipinski definition) is 1. The van der Waals surface area contributed by atoms with Gasteiger partial charge in [-0.25, -0.2) is 0 Å². The summed E-state index contributed by atoms with van der Waals surface area (Å²) in [7, 11) is 0. The molecule has 1 aliphatic rings. The summed E-state index contributed by atoms with van der Waals surface area (Å²) < 4.78 is 5.54. The molecule has 1 atom stereocenters. The van der Waals surface area contributed by atoms with Crippen LogP contribution in [0.2, 0.25) is 0 Å². The minimum Gasteiger partial charge on any atom is -0.492 e. The molecule has 2 amide bonds. The number of anilines is 2. The Morgan fingerprint density at radius 2 is 1.96 bits per heavy atom. The Labute approximate surface area is 154 Å². The predicted octanol–water partition coefficient (Wildman–Crippen LogP) is 3.69. The van der Waals surface area contributed by atoms with Crippen molar-refractivity contribution in [2.45, 2.75) is 27.2 Å². The second kappa shape index (κ2) is 7.60. The van der Waals surface area contributed by atoms with Gasteiger partial charge in [0.15, 0.2) is 0 Å². The predicted molar refractivity (Wildman–Crippen MR) is 103 cm³/mol. The maximum absolute atomic E-state index is 12.7. The third-order valence-electron chi connectivity index (χ3n) is 4.74. The monoisotopic (exact) mass is 352 g/mol. The van der Waals surface area contributed by atoms with E-state index in [4.69, 9.17) is 4.74 Å². The Morgan fingerprint density at radius 1 is 1.19 bits per heavy atom. The SMILES string of the molecule is CCOc1ccccc1NC(=O)[C@H]1CC(=O)N(c2ccc(C)c(C)c2)C1. The number of aryl methyl sites for hydroxylation is 2. The fourth-order valence-electron chi connectivity index (χ4n) is 3.11. The molecule has 136 valence electrons. The number of rotatable bonds is 5. The molecule has 1 heterocycles. The van der Waals surface area contributed by atoms with Crippen molar-refractivity contribution in [1.29, 1.82) is 0 Å². The van der Waals surface area contributed by atoms with E-state index in [2.05, 4.69) is 5.32 Å². The molecular weight excluding hydrogens is 328 g/mol. The smallest absolute Gasteiger partial charge is 0.229 e. The zero-order valence-corrected chi connectivity index (χ0v) is 15.4. The summed E-state index contributed by atoms with van der Waals surface area (Å²) in [6.07, 6.45) is 0.218. The molecule has 0 spiro atoms. The number of amides is 2. The van der Waals surface area contributed by atoms with E-state index in [0.717, 1.165) is 11.3 Å². The topological polar surface area (TPSA) is 58.6 Å². The first kappa shape index (κ1) is 18.0. The van der Waals surface area contributed by atoms with Gasteiger partial charge in [0.2, 0.25) is 11.8 Å². The lowest BCUT2D eigenvalue weighted by atomic mass is 10.1. The van der Waals surface area contributed by atoms with Crippen LogP contribution in [0.15, 0.2) is 42.5 Å². The third-order valence-corrected chi connectivity index (χ3v) is 4.74. The number of carbonyl (C=O) groups excluding carboxylic acids is 2. The summed E-state index contributed by atoms with van der Waals surface area (Å²) in [4.78, 5) is 26.8. The van der Waals surface area contributed by atoms with Gasteiger partial charge < -0.3 is 15.0 Å². The highest BCUT2D eigenvalue weighted by Crippen LogP contribution is 2.29.